The van der Waals surface area contributed by atoms with Gasteiger partial charge in [0.2, 0.25) is 0 Å². The third-order valence-electron chi connectivity index (χ3n) is 2.84. The van der Waals surface area contributed by atoms with Gasteiger partial charge in [-0.15, -0.1) is 0 Å². The Morgan fingerprint density at radius 1 is 1.56 bits per heavy atom. The minimum absolute atomic E-state index is 0.0776. The summed E-state index contributed by atoms with van der Waals surface area (Å²) in [5, 5.41) is 0. The number of nitrogens with zero attached hydrogens (tertiary/aromatic N) is 2. The van der Waals surface area contributed by atoms with E-state index in [9.17, 15) is 8.42 Å². The van der Waals surface area contributed by atoms with Crippen LogP contribution in [0.5, 0.6) is 0 Å². The van der Waals surface area contributed by atoms with Crippen LogP contribution in [-0.2, 0) is 10.2 Å². The summed E-state index contributed by atoms with van der Waals surface area (Å²) in [7, 11) is -1.90. The van der Waals surface area contributed by atoms with Gasteiger partial charge in [-0.3, -0.25) is 4.98 Å². The molecule has 2 rings (SSSR count). The lowest BCUT2D eigenvalue weighted by atomic mass is 10.1. The first-order chi connectivity index (χ1) is 7.65. The molecule has 1 fully saturated rings. The van der Waals surface area contributed by atoms with E-state index in [4.69, 9.17) is 0 Å². The maximum absolute atomic E-state index is 11.8. The maximum Gasteiger partial charge on any atom is 0.279 e. The Morgan fingerprint density at radius 2 is 2.38 bits per heavy atom. The largest absolute Gasteiger partial charge is 0.279 e. The molecule has 1 aromatic heterocycles. The summed E-state index contributed by atoms with van der Waals surface area (Å²) >= 11 is 0. The molecule has 0 bridgehead atoms. The predicted octanol–water partition coefficient (Wildman–Crippen LogP) is 0.683. The molecule has 0 aromatic carbocycles. The molecule has 1 atom stereocenters. The van der Waals surface area contributed by atoms with Gasteiger partial charge in [0.15, 0.2) is 0 Å². The summed E-state index contributed by atoms with van der Waals surface area (Å²) in [5.74, 6) is 0. The van der Waals surface area contributed by atoms with Gasteiger partial charge >= 0.3 is 0 Å². The lowest BCUT2D eigenvalue weighted by molar-refractivity contribution is 0.391. The molecule has 1 saturated heterocycles. The van der Waals surface area contributed by atoms with Crippen molar-refractivity contribution in [2.75, 3.05) is 13.6 Å². The Labute approximate surface area is 95.7 Å². The maximum atomic E-state index is 11.8. The highest BCUT2D eigenvalue weighted by Crippen LogP contribution is 2.32. The first-order valence-electron chi connectivity index (χ1n) is 5.25. The Bertz CT molecular complexity index is 446. The van der Waals surface area contributed by atoms with E-state index >= 15 is 0 Å². The minimum atomic E-state index is -3.34. The highest BCUT2D eigenvalue weighted by molar-refractivity contribution is 7.87. The zero-order valence-corrected chi connectivity index (χ0v) is 9.94. The molecule has 6 heteroatoms. The molecular formula is C10H15N3O2S. The Hall–Kier alpha value is -0.980. The third kappa shape index (κ3) is 2.09. The van der Waals surface area contributed by atoms with Crippen molar-refractivity contribution < 1.29 is 8.42 Å². The van der Waals surface area contributed by atoms with Gasteiger partial charge in [-0.1, -0.05) is 6.07 Å². The van der Waals surface area contributed by atoms with E-state index in [2.05, 4.69) is 9.71 Å². The van der Waals surface area contributed by atoms with Crippen LogP contribution in [0.3, 0.4) is 0 Å². The molecule has 0 saturated carbocycles. The normalized spacial score (nSPS) is 22.4. The number of aromatic nitrogens is 1. The Kier molecular flexibility index (Phi) is 3.22. The number of hydrogen-bond donors (Lipinski definition) is 1. The van der Waals surface area contributed by atoms with Crippen molar-refractivity contribution >= 4 is 10.2 Å². The Balaban J connectivity index is 2.29. The van der Waals surface area contributed by atoms with E-state index in [1.54, 1.807) is 12.4 Å². The summed E-state index contributed by atoms with van der Waals surface area (Å²) in [6, 6.07) is 3.67. The molecule has 16 heavy (non-hydrogen) atoms. The van der Waals surface area contributed by atoms with Crippen molar-refractivity contribution in [3.8, 4) is 0 Å². The first-order valence-corrected chi connectivity index (χ1v) is 6.69. The van der Waals surface area contributed by atoms with E-state index in [0.717, 1.165) is 18.4 Å². The van der Waals surface area contributed by atoms with Gasteiger partial charge in [-0.25, -0.2) is 4.72 Å². The van der Waals surface area contributed by atoms with Gasteiger partial charge in [-0.2, -0.15) is 12.7 Å². The zero-order chi connectivity index (χ0) is 11.6. The number of hydrogen-bond acceptors (Lipinski definition) is 3. The van der Waals surface area contributed by atoms with Gasteiger partial charge in [0.1, 0.15) is 0 Å². The topological polar surface area (TPSA) is 62.3 Å². The minimum Gasteiger partial charge on any atom is -0.264 e. The van der Waals surface area contributed by atoms with Gasteiger partial charge < -0.3 is 0 Å². The van der Waals surface area contributed by atoms with Gasteiger partial charge in [0, 0.05) is 26.0 Å². The third-order valence-corrected chi connectivity index (χ3v) is 4.41. The second-order valence-electron chi connectivity index (χ2n) is 3.76. The van der Waals surface area contributed by atoms with Crippen molar-refractivity contribution in [2.24, 2.45) is 0 Å². The van der Waals surface area contributed by atoms with Crippen molar-refractivity contribution in [3.05, 3.63) is 30.1 Å². The zero-order valence-electron chi connectivity index (χ0n) is 9.13. The fraction of sp³-hybridized carbons (Fsp3) is 0.500. The second kappa shape index (κ2) is 4.48. The van der Waals surface area contributed by atoms with Crippen LogP contribution < -0.4 is 4.72 Å². The SMILES string of the molecule is CNS(=O)(=O)N1CCC[C@H]1c1cccnc1. The molecule has 2 heterocycles. The number of rotatable bonds is 3. The Morgan fingerprint density at radius 3 is 3.00 bits per heavy atom. The molecular weight excluding hydrogens is 226 g/mol. The molecule has 0 spiro atoms. The van der Waals surface area contributed by atoms with Crippen LogP contribution in [0, 0.1) is 0 Å². The monoisotopic (exact) mass is 241 g/mol. The highest BCUT2D eigenvalue weighted by atomic mass is 32.2. The van der Waals surface area contributed by atoms with Crippen LogP contribution in [0.4, 0.5) is 0 Å². The summed E-state index contributed by atoms with van der Waals surface area (Å²) in [6.45, 7) is 0.572. The van der Waals surface area contributed by atoms with Gasteiger partial charge in [0.05, 0.1) is 6.04 Å². The predicted molar refractivity (Wildman–Crippen MR) is 60.9 cm³/mol. The molecule has 1 aliphatic heterocycles. The van der Waals surface area contributed by atoms with Gasteiger partial charge in [0.25, 0.3) is 10.2 Å². The van der Waals surface area contributed by atoms with Crippen LogP contribution in [-0.4, -0.2) is 31.3 Å². The van der Waals surface area contributed by atoms with Crippen LogP contribution >= 0.6 is 0 Å². The van der Waals surface area contributed by atoms with E-state index in [1.807, 2.05) is 12.1 Å². The molecule has 1 aliphatic rings. The average Bonchev–Trinajstić information content (AvgIpc) is 2.80. The summed E-state index contributed by atoms with van der Waals surface area (Å²) in [4.78, 5) is 4.03. The average molecular weight is 241 g/mol. The van der Waals surface area contributed by atoms with Crippen LogP contribution in [0.15, 0.2) is 24.5 Å². The first kappa shape index (κ1) is 11.5. The van der Waals surface area contributed by atoms with E-state index in [0.29, 0.717) is 6.54 Å². The summed E-state index contributed by atoms with van der Waals surface area (Å²) in [6.07, 6.45) is 5.16. The van der Waals surface area contributed by atoms with Crippen LogP contribution in [0.1, 0.15) is 24.4 Å². The smallest absolute Gasteiger partial charge is 0.264 e. The molecule has 1 N–H and O–H groups in total. The lowest BCUT2D eigenvalue weighted by Crippen LogP contribution is -2.38. The van der Waals surface area contributed by atoms with Crippen molar-refractivity contribution in [3.63, 3.8) is 0 Å². The fourth-order valence-electron chi connectivity index (χ4n) is 2.05. The molecule has 0 amide bonds. The molecule has 88 valence electrons. The summed E-state index contributed by atoms with van der Waals surface area (Å²) < 4.78 is 27.4. The van der Waals surface area contributed by atoms with Crippen LogP contribution in [0.25, 0.3) is 0 Å². The van der Waals surface area contributed by atoms with Crippen molar-refractivity contribution in [2.45, 2.75) is 18.9 Å². The van der Waals surface area contributed by atoms with E-state index in [-0.39, 0.29) is 6.04 Å². The molecule has 0 radical (unpaired) electrons. The van der Waals surface area contributed by atoms with E-state index in [1.165, 1.54) is 11.4 Å². The standard InChI is InChI=1S/C10H15N3O2S/c1-11-16(14,15)13-7-3-5-10(13)9-4-2-6-12-8-9/h2,4,6,8,10-11H,3,5,7H2,1H3/t10-/m0/s1. The van der Waals surface area contributed by atoms with Crippen LogP contribution in [0.2, 0.25) is 0 Å². The molecule has 5 nitrogen and oxygen atoms in total. The lowest BCUT2D eigenvalue weighted by Gasteiger charge is -2.23. The second-order valence-corrected chi connectivity index (χ2v) is 5.59. The molecule has 0 unspecified atom stereocenters. The van der Waals surface area contributed by atoms with Crippen molar-refractivity contribution in [1.29, 1.82) is 0 Å². The quantitative estimate of drug-likeness (QED) is 0.846. The number of nitrogens with one attached hydrogen (secondary N) is 1. The number of pyridine rings is 1. The highest BCUT2D eigenvalue weighted by Gasteiger charge is 2.34. The van der Waals surface area contributed by atoms with Gasteiger partial charge in [-0.05, 0) is 24.5 Å². The van der Waals surface area contributed by atoms with E-state index < -0.39 is 10.2 Å². The molecule has 0 aliphatic carbocycles. The summed E-state index contributed by atoms with van der Waals surface area (Å²) in [5.41, 5.74) is 0.957. The molecule has 1 aromatic rings. The fourth-order valence-corrected chi connectivity index (χ4v) is 3.22. The van der Waals surface area contributed by atoms with Crippen molar-refractivity contribution in [1.82, 2.24) is 14.0 Å².